The number of aliphatic hydroxyl groups is 2. The second kappa shape index (κ2) is 2.49. The molecule has 1 rings (SSSR count). The minimum Gasteiger partial charge on any atom is -0.390 e. The van der Waals surface area contributed by atoms with Crippen molar-refractivity contribution in [2.24, 2.45) is 5.73 Å². The Hall–Kier alpha value is -0.120. The van der Waals surface area contributed by atoms with E-state index in [-0.39, 0.29) is 6.04 Å². The van der Waals surface area contributed by atoms with Gasteiger partial charge in [-0.15, -0.1) is 0 Å². The van der Waals surface area contributed by atoms with Crippen LogP contribution in [0.5, 0.6) is 0 Å². The number of hydrogen-bond acceptors (Lipinski definition) is 3. The summed E-state index contributed by atoms with van der Waals surface area (Å²) in [6, 6.07) is -0.243. The maximum Gasteiger partial charge on any atom is 0.105 e. The summed E-state index contributed by atoms with van der Waals surface area (Å²) in [5.74, 6) is 0. The van der Waals surface area contributed by atoms with E-state index in [9.17, 15) is 5.11 Å². The SMILES string of the molecule is CC(O)C1(O)CCCC1N. The van der Waals surface area contributed by atoms with Gasteiger partial charge in [0.1, 0.15) is 5.60 Å². The van der Waals surface area contributed by atoms with Crippen LogP contribution in [0, 0.1) is 0 Å². The first-order valence-corrected chi connectivity index (χ1v) is 3.73. The lowest BCUT2D eigenvalue weighted by molar-refractivity contribution is -0.0704. The molecule has 0 amide bonds. The van der Waals surface area contributed by atoms with E-state index >= 15 is 0 Å². The van der Waals surface area contributed by atoms with Crippen molar-refractivity contribution < 1.29 is 10.2 Å². The van der Waals surface area contributed by atoms with Gasteiger partial charge < -0.3 is 15.9 Å². The first-order valence-electron chi connectivity index (χ1n) is 3.73. The molecule has 3 heteroatoms. The van der Waals surface area contributed by atoms with Gasteiger partial charge in [-0.05, 0) is 26.2 Å². The van der Waals surface area contributed by atoms with Crippen molar-refractivity contribution in [3.63, 3.8) is 0 Å². The fourth-order valence-corrected chi connectivity index (χ4v) is 1.56. The molecule has 0 saturated heterocycles. The highest BCUT2D eigenvalue weighted by molar-refractivity contribution is 4.98. The molecule has 1 saturated carbocycles. The van der Waals surface area contributed by atoms with Crippen molar-refractivity contribution >= 4 is 0 Å². The molecule has 0 aliphatic heterocycles. The molecule has 3 atom stereocenters. The van der Waals surface area contributed by atoms with E-state index in [1.165, 1.54) is 0 Å². The monoisotopic (exact) mass is 145 g/mol. The van der Waals surface area contributed by atoms with E-state index in [0.29, 0.717) is 6.42 Å². The first kappa shape index (κ1) is 7.98. The quantitative estimate of drug-likeness (QED) is 0.470. The Labute approximate surface area is 60.9 Å². The topological polar surface area (TPSA) is 66.5 Å². The van der Waals surface area contributed by atoms with Gasteiger partial charge in [0, 0.05) is 6.04 Å². The molecule has 0 aromatic rings. The Bertz CT molecular complexity index is 127. The summed E-state index contributed by atoms with van der Waals surface area (Å²) < 4.78 is 0. The van der Waals surface area contributed by atoms with Crippen LogP contribution in [-0.4, -0.2) is 28.0 Å². The lowest BCUT2D eigenvalue weighted by atomic mass is 9.93. The van der Waals surface area contributed by atoms with Crippen LogP contribution in [-0.2, 0) is 0 Å². The van der Waals surface area contributed by atoms with Crippen LogP contribution in [0.1, 0.15) is 26.2 Å². The lowest BCUT2D eigenvalue weighted by Crippen LogP contribution is -2.51. The molecule has 4 N–H and O–H groups in total. The molecule has 3 nitrogen and oxygen atoms in total. The highest BCUT2D eigenvalue weighted by Gasteiger charge is 2.42. The van der Waals surface area contributed by atoms with Gasteiger partial charge in [-0.25, -0.2) is 0 Å². The molecule has 10 heavy (non-hydrogen) atoms. The van der Waals surface area contributed by atoms with E-state index in [2.05, 4.69) is 0 Å². The molecule has 1 fully saturated rings. The molecule has 0 aromatic carbocycles. The average Bonchev–Trinajstić information content (AvgIpc) is 2.15. The molecule has 0 radical (unpaired) electrons. The van der Waals surface area contributed by atoms with E-state index in [1.54, 1.807) is 6.92 Å². The summed E-state index contributed by atoms with van der Waals surface area (Å²) in [4.78, 5) is 0. The van der Waals surface area contributed by atoms with Crippen molar-refractivity contribution in [3.05, 3.63) is 0 Å². The lowest BCUT2D eigenvalue weighted by Gasteiger charge is -2.30. The molecule has 0 aromatic heterocycles. The number of hydrogen-bond donors (Lipinski definition) is 3. The Morgan fingerprint density at radius 2 is 2.30 bits per heavy atom. The van der Waals surface area contributed by atoms with Crippen molar-refractivity contribution in [3.8, 4) is 0 Å². The summed E-state index contributed by atoms with van der Waals surface area (Å²) in [5, 5.41) is 18.8. The van der Waals surface area contributed by atoms with Crippen molar-refractivity contribution in [2.75, 3.05) is 0 Å². The average molecular weight is 145 g/mol. The largest absolute Gasteiger partial charge is 0.390 e. The number of rotatable bonds is 1. The molecule has 0 spiro atoms. The van der Waals surface area contributed by atoms with E-state index < -0.39 is 11.7 Å². The van der Waals surface area contributed by atoms with Crippen LogP contribution in [0.25, 0.3) is 0 Å². The third-order valence-electron chi connectivity index (χ3n) is 2.46. The normalized spacial score (nSPS) is 43.8. The predicted molar refractivity (Wildman–Crippen MR) is 38.5 cm³/mol. The Morgan fingerprint density at radius 1 is 1.70 bits per heavy atom. The van der Waals surface area contributed by atoms with Crippen LogP contribution in [0.15, 0.2) is 0 Å². The zero-order valence-electron chi connectivity index (χ0n) is 6.25. The summed E-state index contributed by atoms with van der Waals surface area (Å²) in [7, 11) is 0. The molecule has 1 aliphatic carbocycles. The fraction of sp³-hybridized carbons (Fsp3) is 1.00. The Balaban J connectivity index is 2.66. The van der Waals surface area contributed by atoms with Gasteiger partial charge >= 0.3 is 0 Å². The minimum atomic E-state index is -1.01. The highest BCUT2D eigenvalue weighted by Crippen LogP contribution is 2.31. The van der Waals surface area contributed by atoms with E-state index in [0.717, 1.165) is 12.8 Å². The van der Waals surface area contributed by atoms with Crippen molar-refractivity contribution in [2.45, 2.75) is 43.9 Å². The van der Waals surface area contributed by atoms with E-state index in [4.69, 9.17) is 10.8 Å². The maximum atomic E-state index is 9.66. The molecule has 60 valence electrons. The van der Waals surface area contributed by atoms with Crippen molar-refractivity contribution in [1.29, 1.82) is 0 Å². The van der Waals surface area contributed by atoms with Crippen molar-refractivity contribution in [1.82, 2.24) is 0 Å². The van der Waals surface area contributed by atoms with Crippen LogP contribution >= 0.6 is 0 Å². The highest BCUT2D eigenvalue weighted by atomic mass is 16.3. The molecular weight excluding hydrogens is 130 g/mol. The van der Waals surface area contributed by atoms with Gasteiger partial charge in [0.25, 0.3) is 0 Å². The standard InChI is InChI=1S/C7H15NO2/c1-5(9)7(10)4-2-3-6(7)8/h5-6,9-10H,2-4,8H2,1H3. The number of aliphatic hydroxyl groups excluding tert-OH is 1. The Morgan fingerprint density at radius 3 is 2.50 bits per heavy atom. The molecule has 1 aliphatic rings. The third-order valence-corrected chi connectivity index (χ3v) is 2.46. The molecule has 3 unspecified atom stereocenters. The molecular formula is C7H15NO2. The zero-order chi connectivity index (χ0) is 7.78. The smallest absolute Gasteiger partial charge is 0.105 e. The zero-order valence-corrected chi connectivity index (χ0v) is 6.25. The van der Waals surface area contributed by atoms with E-state index in [1.807, 2.05) is 0 Å². The van der Waals surface area contributed by atoms with Crippen LogP contribution in [0.2, 0.25) is 0 Å². The Kier molecular flexibility index (Phi) is 1.99. The second-order valence-electron chi connectivity index (χ2n) is 3.17. The van der Waals surface area contributed by atoms with Crippen LogP contribution < -0.4 is 5.73 Å². The summed E-state index contributed by atoms with van der Waals surface area (Å²) in [5.41, 5.74) is 4.59. The second-order valence-corrected chi connectivity index (χ2v) is 3.17. The predicted octanol–water partition coefficient (Wildman–Crippen LogP) is -0.391. The van der Waals surface area contributed by atoms with Gasteiger partial charge in [0.2, 0.25) is 0 Å². The van der Waals surface area contributed by atoms with Crippen LogP contribution in [0.4, 0.5) is 0 Å². The third kappa shape index (κ3) is 1.05. The summed E-state index contributed by atoms with van der Waals surface area (Å²) >= 11 is 0. The van der Waals surface area contributed by atoms with Gasteiger partial charge in [-0.3, -0.25) is 0 Å². The van der Waals surface area contributed by atoms with Gasteiger partial charge in [0.15, 0.2) is 0 Å². The van der Waals surface area contributed by atoms with Gasteiger partial charge in [-0.2, -0.15) is 0 Å². The summed E-state index contributed by atoms with van der Waals surface area (Å²) in [6.07, 6.45) is 1.67. The van der Waals surface area contributed by atoms with Gasteiger partial charge in [0.05, 0.1) is 6.10 Å². The first-order chi connectivity index (χ1) is 4.57. The number of nitrogens with two attached hydrogens (primary N) is 1. The molecule has 0 bridgehead atoms. The summed E-state index contributed by atoms with van der Waals surface area (Å²) in [6.45, 7) is 1.59. The molecule has 0 heterocycles. The minimum absolute atomic E-state index is 0.243. The van der Waals surface area contributed by atoms with Crippen LogP contribution in [0.3, 0.4) is 0 Å². The van der Waals surface area contributed by atoms with Gasteiger partial charge in [-0.1, -0.05) is 0 Å². The fourth-order valence-electron chi connectivity index (χ4n) is 1.56. The maximum absolute atomic E-state index is 9.66.